The van der Waals surface area contributed by atoms with E-state index in [1.54, 1.807) is 4.68 Å². The second kappa shape index (κ2) is 8.23. The number of hydrogen-bond donors (Lipinski definition) is 2. The average molecular weight is 451 g/mol. The van der Waals surface area contributed by atoms with Crippen molar-refractivity contribution < 1.29 is 13.2 Å². The van der Waals surface area contributed by atoms with Gasteiger partial charge in [-0.3, -0.25) is 0 Å². The van der Waals surface area contributed by atoms with Gasteiger partial charge in [-0.1, -0.05) is 30.4 Å². The number of fused-ring (bicyclic) bond motifs is 1. The molecule has 0 unspecified atom stereocenters. The average Bonchev–Trinajstić information content (AvgIpc) is 3.49. The van der Waals surface area contributed by atoms with Gasteiger partial charge in [-0.15, -0.1) is 0 Å². The molecule has 2 heterocycles. The molecule has 4 aromatic rings. The number of halogens is 3. The molecule has 0 saturated heterocycles. The van der Waals surface area contributed by atoms with Crippen LogP contribution in [0.1, 0.15) is 40.4 Å². The zero-order valence-corrected chi connectivity index (χ0v) is 18.4. The van der Waals surface area contributed by atoms with Crippen LogP contribution in [-0.2, 0) is 12.7 Å². The van der Waals surface area contributed by atoms with Crippen molar-refractivity contribution in [1.82, 2.24) is 20.1 Å². The smallest absolute Gasteiger partial charge is 0.361 e. The zero-order valence-electron chi connectivity index (χ0n) is 18.4. The summed E-state index contributed by atoms with van der Waals surface area (Å²) in [4.78, 5) is 3.31. The van der Waals surface area contributed by atoms with Gasteiger partial charge in [-0.25, -0.2) is 4.68 Å². The molecule has 170 valence electrons. The van der Waals surface area contributed by atoms with Gasteiger partial charge in [0.2, 0.25) is 0 Å². The van der Waals surface area contributed by atoms with Gasteiger partial charge in [-0.05, 0) is 56.2 Å². The minimum Gasteiger partial charge on any atom is -0.361 e. The number of H-pyrrole nitrogens is 1. The Hall–Kier alpha value is -3.32. The van der Waals surface area contributed by atoms with Crippen LogP contribution in [0.3, 0.4) is 0 Å². The van der Waals surface area contributed by atoms with E-state index in [9.17, 15) is 13.2 Å². The molecule has 0 radical (unpaired) electrons. The van der Waals surface area contributed by atoms with Gasteiger partial charge in [0.25, 0.3) is 0 Å². The third-order valence-electron chi connectivity index (χ3n) is 6.47. The summed E-state index contributed by atoms with van der Waals surface area (Å²) in [7, 11) is 0. The van der Waals surface area contributed by atoms with Crippen molar-refractivity contribution in [3.05, 3.63) is 95.0 Å². The molecule has 0 aliphatic heterocycles. The van der Waals surface area contributed by atoms with E-state index in [-0.39, 0.29) is 12.0 Å². The van der Waals surface area contributed by atoms with Crippen molar-refractivity contribution in [3.63, 3.8) is 0 Å². The zero-order chi connectivity index (χ0) is 23.2. The number of aryl methyl sites for hydroxylation is 1. The van der Waals surface area contributed by atoms with E-state index in [2.05, 4.69) is 45.9 Å². The second-order valence-corrected chi connectivity index (χ2v) is 8.61. The van der Waals surface area contributed by atoms with Crippen LogP contribution in [0.25, 0.3) is 16.6 Å². The first kappa shape index (κ1) is 21.5. The number of allylic oxidation sites excluding steroid dienone is 1. The van der Waals surface area contributed by atoms with Gasteiger partial charge in [0.1, 0.15) is 0 Å². The van der Waals surface area contributed by atoms with E-state index in [1.165, 1.54) is 23.1 Å². The molecular formula is C26H25F3N4. The highest BCUT2D eigenvalue weighted by Gasteiger charge is 2.30. The Labute approximate surface area is 190 Å². The van der Waals surface area contributed by atoms with Crippen LogP contribution >= 0.6 is 0 Å². The highest BCUT2D eigenvalue weighted by Crippen LogP contribution is 2.35. The summed E-state index contributed by atoms with van der Waals surface area (Å²) in [5, 5.41) is 9.50. The molecule has 2 aromatic carbocycles. The standard InChI is InChI=1S/C26H25F3N4/c1-16-25(17(2)33(32-16)22-11-8-20(9-12-22)26(27,28)29)18-7-10-21(13-18)30-14-19-15-31-24-6-4-3-5-23(19)24/h3-12,15,18,21,30-31H,13-14H2,1-2H3/t18-,21-/m1/s1. The number of alkyl halides is 3. The maximum Gasteiger partial charge on any atom is 0.416 e. The molecule has 33 heavy (non-hydrogen) atoms. The molecule has 2 atom stereocenters. The van der Waals surface area contributed by atoms with Crippen molar-refractivity contribution in [2.24, 2.45) is 0 Å². The van der Waals surface area contributed by atoms with Crippen LogP contribution in [-0.4, -0.2) is 20.8 Å². The van der Waals surface area contributed by atoms with Crippen molar-refractivity contribution in [2.45, 2.75) is 44.9 Å². The molecule has 5 rings (SSSR count). The Balaban J connectivity index is 1.30. The third-order valence-corrected chi connectivity index (χ3v) is 6.47. The van der Waals surface area contributed by atoms with Crippen LogP contribution in [0.4, 0.5) is 13.2 Å². The lowest BCUT2D eigenvalue weighted by Gasteiger charge is -2.15. The fourth-order valence-corrected chi connectivity index (χ4v) is 4.82. The number of nitrogens with zero attached hydrogens (tertiary/aromatic N) is 2. The lowest BCUT2D eigenvalue weighted by molar-refractivity contribution is -0.137. The molecule has 2 N–H and O–H groups in total. The summed E-state index contributed by atoms with van der Waals surface area (Å²) in [5.74, 6) is 0.216. The lowest BCUT2D eigenvalue weighted by Crippen LogP contribution is -2.25. The maximum absolute atomic E-state index is 12.9. The maximum atomic E-state index is 12.9. The molecule has 4 nitrogen and oxygen atoms in total. The first-order valence-corrected chi connectivity index (χ1v) is 11.0. The van der Waals surface area contributed by atoms with E-state index in [0.717, 1.165) is 47.6 Å². The number of hydrogen-bond acceptors (Lipinski definition) is 2. The number of aromatic nitrogens is 3. The Morgan fingerprint density at radius 3 is 2.58 bits per heavy atom. The lowest BCUT2D eigenvalue weighted by atomic mass is 9.96. The van der Waals surface area contributed by atoms with E-state index in [1.807, 2.05) is 26.0 Å². The summed E-state index contributed by atoms with van der Waals surface area (Å²) in [5.41, 5.74) is 5.35. The molecule has 0 amide bonds. The minimum atomic E-state index is -4.35. The topological polar surface area (TPSA) is 45.6 Å². The van der Waals surface area contributed by atoms with E-state index < -0.39 is 11.7 Å². The van der Waals surface area contributed by atoms with Gasteiger partial charge in [0.05, 0.1) is 16.9 Å². The van der Waals surface area contributed by atoms with Crippen LogP contribution < -0.4 is 5.32 Å². The summed E-state index contributed by atoms with van der Waals surface area (Å²) in [6.07, 6.45) is 3.04. The van der Waals surface area contributed by atoms with Crippen LogP contribution in [0.5, 0.6) is 0 Å². The Kier molecular flexibility index (Phi) is 5.37. The SMILES string of the molecule is Cc1nn(-c2ccc(C(F)(F)F)cc2)c(C)c1[C@@H]1C=C[C@@H](NCc2c[nH]c3ccccc23)C1. The fraction of sp³-hybridized carbons (Fsp3) is 0.269. The van der Waals surface area contributed by atoms with E-state index >= 15 is 0 Å². The molecule has 7 heteroatoms. The second-order valence-electron chi connectivity index (χ2n) is 8.61. The first-order valence-electron chi connectivity index (χ1n) is 11.0. The normalized spacial score (nSPS) is 18.5. The number of benzene rings is 2. The van der Waals surface area contributed by atoms with Gasteiger partial charge in [0, 0.05) is 46.9 Å². The van der Waals surface area contributed by atoms with Crippen molar-refractivity contribution in [3.8, 4) is 5.69 Å². The van der Waals surface area contributed by atoms with Crippen molar-refractivity contribution >= 4 is 10.9 Å². The van der Waals surface area contributed by atoms with Crippen LogP contribution in [0, 0.1) is 13.8 Å². The number of para-hydroxylation sites is 1. The molecule has 2 aromatic heterocycles. The van der Waals surface area contributed by atoms with Gasteiger partial charge in [0.15, 0.2) is 0 Å². The molecule has 0 spiro atoms. The Morgan fingerprint density at radius 1 is 1.06 bits per heavy atom. The minimum absolute atomic E-state index is 0.216. The molecule has 0 bridgehead atoms. The summed E-state index contributed by atoms with van der Waals surface area (Å²) < 4.78 is 40.4. The van der Waals surface area contributed by atoms with E-state index in [0.29, 0.717) is 5.69 Å². The van der Waals surface area contributed by atoms with Gasteiger partial charge >= 0.3 is 6.18 Å². The first-order chi connectivity index (χ1) is 15.8. The number of nitrogens with one attached hydrogen (secondary N) is 2. The largest absolute Gasteiger partial charge is 0.416 e. The molecule has 0 saturated carbocycles. The molecule has 0 fully saturated rings. The molecule has 1 aliphatic rings. The predicted molar refractivity (Wildman–Crippen MR) is 123 cm³/mol. The van der Waals surface area contributed by atoms with Crippen LogP contribution in [0.15, 0.2) is 66.9 Å². The Morgan fingerprint density at radius 2 is 1.82 bits per heavy atom. The summed E-state index contributed by atoms with van der Waals surface area (Å²) >= 11 is 0. The van der Waals surface area contributed by atoms with E-state index in [4.69, 9.17) is 0 Å². The summed E-state index contributed by atoms with van der Waals surface area (Å²) in [6.45, 7) is 4.71. The van der Waals surface area contributed by atoms with Crippen molar-refractivity contribution in [1.29, 1.82) is 0 Å². The Bertz CT molecular complexity index is 1310. The summed E-state index contributed by atoms with van der Waals surface area (Å²) in [6, 6.07) is 13.7. The number of aromatic amines is 1. The predicted octanol–water partition coefficient (Wildman–Crippen LogP) is 6.19. The van der Waals surface area contributed by atoms with Gasteiger partial charge < -0.3 is 10.3 Å². The number of rotatable bonds is 5. The van der Waals surface area contributed by atoms with Gasteiger partial charge in [-0.2, -0.15) is 18.3 Å². The molecular weight excluding hydrogens is 425 g/mol. The van der Waals surface area contributed by atoms with Crippen LogP contribution in [0.2, 0.25) is 0 Å². The quantitative estimate of drug-likeness (QED) is 0.356. The third kappa shape index (κ3) is 4.09. The van der Waals surface area contributed by atoms with Crippen molar-refractivity contribution in [2.75, 3.05) is 0 Å². The molecule has 1 aliphatic carbocycles. The highest BCUT2D eigenvalue weighted by molar-refractivity contribution is 5.82. The highest BCUT2D eigenvalue weighted by atomic mass is 19.4. The monoisotopic (exact) mass is 450 g/mol. The fourth-order valence-electron chi connectivity index (χ4n) is 4.82.